The van der Waals surface area contributed by atoms with Crippen molar-refractivity contribution in [2.24, 2.45) is 0 Å². The van der Waals surface area contributed by atoms with Gasteiger partial charge in [-0.25, -0.2) is 0 Å². The van der Waals surface area contributed by atoms with Gasteiger partial charge in [0.15, 0.2) is 0 Å². The zero-order valence-electron chi connectivity index (χ0n) is 26.1. The van der Waals surface area contributed by atoms with E-state index in [0.717, 1.165) is 27.9 Å². The Morgan fingerprint density at radius 3 is 1.83 bits per heavy atom. The third-order valence-corrected chi connectivity index (χ3v) is 13.0. The van der Waals surface area contributed by atoms with Gasteiger partial charge in [-0.3, -0.25) is 8.98 Å². The summed E-state index contributed by atoms with van der Waals surface area (Å²) in [6.07, 6.45) is 2.43. The monoisotopic (exact) mass is 609 g/mol. The Kier molecular flexibility index (Phi) is 11.3. The van der Waals surface area contributed by atoms with E-state index < -0.39 is 24.5 Å². The van der Waals surface area contributed by atoms with E-state index in [1.165, 1.54) is 0 Å². The fourth-order valence-electron chi connectivity index (χ4n) is 5.50. The van der Waals surface area contributed by atoms with Gasteiger partial charge in [0.25, 0.3) is 18.4 Å². The largest absolute Gasteiger partial charge is 0.405 e. The van der Waals surface area contributed by atoms with Crippen molar-refractivity contribution in [2.45, 2.75) is 83.8 Å². The maximum absolute atomic E-state index is 12.8. The van der Waals surface area contributed by atoms with E-state index in [4.69, 9.17) is 8.61 Å². The predicted octanol–water partition coefficient (Wildman–Crippen LogP) is 6.40. The molecule has 0 aliphatic rings. The SMILES string of the molecule is CC(C)(C)c1ccccc1NC(=O)CCCCC(CO[Si](c1ccccc1)(c1ccccc1)C(C)(C)C)OS(C)(=O)=O. The molecule has 0 aliphatic carbocycles. The standard InChI is InChI=1S/C34H47NO5SSi/c1-33(2,3)30-23-15-16-24-31(30)35-32(36)25-17-14-18-27(40-41(7,37)38)26-39-42(34(4,5)6,28-19-10-8-11-20-28)29-21-12-9-13-22-29/h8-13,15-16,19-24,27H,14,17-18,25-26H2,1-7H3,(H,35,36). The summed E-state index contributed by atoms with van der Waals surface area (Å²) in [4.78, 5) is 12.8. The van der Waals surface area contributed by atoms with Crippen LogP contribution in [-0.2, 0) is 28.9 Å². The number of carbonyl (C=O) groups is 1. The number of benzene rings is 3. The molecule has 0 bridgehead atoms. The van der Waals surface area contributed by atoms with Gasteiger partial charge in [0.1, 0.15) is 0 Å². The van der Waals surface area contributed by atoms with E-state index in [0.29, 0.717) is 25.7 Å². The molecule has 3 rings (SSSR count). The van der Waals surface area contributed by atoms with Crippen molar-refractivity contribution in [3.8, 4) is 0 Å². The van der Waals surface area contributed by atoms with Crippen LogP contribution in [0, 0.1) is 0 Å². The van der Waals surface area contributed by atoms with E-state index in [1.54, 1.807) is 0 Å². The fraction of sp³-hybridized carbons (Fsp3) is 0.441. The van der Waals surface area contributed by atoms with Gasteiger partial charge >= 0.3 is 0 Å². The number of para-hydroxylation sites is 1. The quantitative estimate of drug-likeness (QED) is 0.138. The van der Waals surface area contributed by atoms with Crippen molar-refractivity contribution in [1.82, 2.24) is 0 Å². The Labute approximate surface area is 254 Å². The molecule has 42 heavy (non-hydrogen) atoms. The first kappa shape index (κ1) is 33.7. The van der Waals surface area contributed by atoms with Crippen LogP contribution in [0.1, 0.15) is 72.8 Å². The third-order valence-electron chi connectivity index (χ3n) is 7.40. The summed E-state index contributed by atoms with van der Waals surface area (Å²) in [6, 6.07) is 28.3. The highest BCUT2D eigenvalue weighted by Crippen LogP contribution is 2.37. The van der Waals surface area contributed by atoms with Crippen molar-refractivity contribution in [1.29, 1.82) is 0 Å². The Morgan fingerprint density at radius 1 is 0.810 bits per heavy atom. The highest BCUT2D eigenvalue weighted by atomic mass is 32.2. The second-order valence-corrected chi connectivity index (χ2v) is 18.9. The predicted molar refractivity (Wildman–Crippen MR) is 176 cm³/mol. The van der Waals surface area contributed by atoms with E-state index in [2.05, 4.69) is 71.1 Å². The number of hydrogen-bond donors (Lipinski definition) is 1. The Morgan fingerprint density at radius 2 is 1.33 bits per heavy atom. The first-order chi connectivity index (χ1) is 19.6. The lowest BCUT2D eigenvalue weighted by atomic mass is 9.86. The number of carbonyl (C=O) groups excluding carboxylic acids is 1. The molecule has 1 unspecified atom stereocenters. The van der Waals surface area contributed by atoms with Gasteiger partial charge in [-0.05, 0) is 45.3 Å². The van der Waals surface area contributed by atoms with Crippen molar-refractivity contribution < 1.29 is 21.8 Å². The second-order valence-electron chi connectivity index (χ2n) is 13.0. The highest BCUT2D eigenvalue weighted by molar-refractivity contribution is 7.86. The van der Waals surface area contributed by atoms with Gasteiger partial charge in [-0.1, -0.05) is 127 Å². The van der Waals surface area contributed by atoms with Crippen LogP contribution < -0.4 is 15.7 Å². The maximum Gasteiger partial charge on any atom is 0.264 e. The molecular weight excluding hydrogens is 563 g/mol. The van der Waals surface area contributed by atoms with Crippen molar-refractivity contribution >= 4 is 40.4 Å². The lowest BCUT2D eigenvalue weighted by Crippen LogP contribution is -2.67. The topological polar surface area (TPSA) is 81.7 Å². The van der Waals surface area contributed by atoms with Crippen LogP contribution in [0.4, 0.5) is 5.69 Å². The smallest absolute Gasteiger partial charge is 0.264 e. The van der Waals surface area contributed by atoms with E-state index in [1.807, 2.05) is 60.7 Å². The summed E-state index contributed by atoms with van der Waals surface area (Å²) in [5.74, 6) is -0.0594. The van der Waals surface area contributed by atoms with Crippen molar-refractivity contribution in [3.63, 3.8) is 0 Å². The van der Waals surface area contributed by atoms with E-state index in [9.17, 15) is 13.2 Å². The minimum Gasteiger partial charge on any atom is -0.405 e. The highest BCUT2D eigenvalue weighted by Gasteiger charge is 2.50. The fourth-order valence-corrected chi connectivity index (χ4v) is 10.7. The molecule has 1 amide bonds. The summed E-state index contributed by atoms with van der Waals surface area (Å²) in [5.41, 5.74) is 1.82. The van der Waals surface area contributed by atoms with Crippen LogP contribution in [0.5, 0.6) is 0 Å². The maximum atomic E-state index is 12.8. The molecule has 0 heterocycles. The summed E-state index contributed by atoms with van der Waals surface area (Å²) < 4.78 is 36.9. The number of anilines is 1. The van der Waals surface area contributed by atoms with Gasteiger partial charge in [0.2, 0.25) is 5.91 Å². The lowest BCUT2D eigenvalue weighted by Gasteiger charge is -2.43. The molecule has 0 saturated carbocycles. The number of unbranched alkanes of at least 4 members (excludes halogenated alkanes) is 1. The van der Waals surface area contributed by atoms with E-state index >= 15 is 0 Å². The van der Waals surface area contributed by atoms with Gasteiger partial charge in [-0.2, -0.15) is 8.42 Å². The summed E-state index contributed by atoms with van der Waals surface area (Å²) in [7, 11) is -6.57. The van der Waals surface area contributed by atoms with Crippen LogP contribution in [0.15, 0.2) is 84.9 Å². The Hall–Kier alpha value is -2.78. The zero-order valence-corrected chi connectivity index (χ0v) is 28.0. The molecule has 8 heteroatoms. The summed E-state index contributed by atoms with van der Waals surface area (Å²) >= 11 is 0. The molecule has 0 radical (unpaired) electrons. The summed E-state index contributed by atoms with van der Waals surface area (Å²) in [5, 5.41) is 5.05. The molecule has 0 saturated heterocycles. The van der Waals surface area contributed by atoms with Crippen LogP contribution in [0.2, 0.25) is 5.04 Å². The Bertz CT molecular complexity index is 1360. The molecular formula is C34H47NO5SSi. The molecule has 1 atom stereocenters. The molecule has 1 N–H and O–H groups in total. The number of amides is 1. The number of hydrogen-bond acceptors (Lipinski definition) is 5. The average Bonchev–Trinajstić information content (AvgIpc) is 2.90. The lowest BCUT2D eigenvalue weighted by molar-refractivity contribution is -0.116. The number of nitrogens with one attached hydrogen (secondary N) is 1. The molecule has 3 aromatic carbocycles. The first-order valence-electron chi connectivity index (χ1n) is 14.7. The minimum absolute atomic E-state index is 0.0594. The normalized spacial score (nSPS) is 13.5. The molecule has 0 spiro atoms. The first-order valence-corrected chi connectivity index (χ1v) is 18.4. The molecule has 6 nitrogen and oxygen atoms in total. The second kappa shape index (κ2) is 14.1. The Balaban J connectivity index is 1.73. The molecule has 228 valence electrons. The van der Waals surface area contributed by atoms with Gasteiger partial charge in [-0.15, -0.1) is 0 Å². The summed E-state index contributed by atoms with van der Waals surface area (Å²) in [6.45, 7) is 13.0. The van der Waals surface area contributed by atoms with Crippen LogP contribution in [-0.4, -0.2) is 41.6 Å². The zero-order chi connectivity index (χ0) is 31.0. The molecule has 3 aromatic rings. The van der Waals surface area contributed by atoms with Crippen LogP contribution >= 0.6 is 0 Å². The van der Waals surface area contributed by atoms with Crippen LogP contribution in [0.3, 0.4) is 0 Å². The van der Waals surface area contributed by atoms with Gasteiger partial charge in [0.05, 0.1) is 19.0 Å². The third kappa shape index (κ3) is 9.11. The van der Waals surface area contributed by atoms with Crippen LogP contribution in [0.25, 0.3) is 0 Å². The van der Waals surface area contributed by atoms with Crippen molar-refractivity contribution in [2.75, 3.05) is 18.2 Å². The minimum atomic E-state index is -3.71. The average molecular weight is 610 g/mol. The molecule has 0 aromatic heterocycles. The van der Waals surface area contributed by atoms with E-state index in [-0.39, 0.29) is 23.0 Å². The van der Waals surface area contributed by atoms with Crippen molar-refractivity contribution in [3.05, 3.63) is 90.5 Å². The van der Waals surface area contributed by atoms with Gasteiger partial charge in [0, 0.05) is 12.1 Å². The molecule has 0 fully saturated rings. The number of rotatable bonds is 13. The molecule has 0 aliphatic heterocycles. The van der Waals surface area contributed by atoms with Gasteiger partial charge < -0.3 is 9.74 Å².